The van der Waals surface area contributed by atoms with Crippen LogP contribution in [0.2, 0.25) is 0 Å². The lowest BCUT2D eigenvalue weighted by Crippen LogP contribution is -2.61. The smallest absolute Gasteiger partial charge is 0.333 e. The fraction of sp³-hybridized carbons (Fsp3) is 0.333. The molecule has 0 bridgehead atoms. The zero-order valence-corrected chi connectivity index (χ0v) is 39.8. The highest BCUT2D eigenvalue weighted by Gasteiger charge is 2.49. The van der Waals surface area contributed by atoms with Crippen molar-refractivity contribution in [2.24, 2.45) is 0 Å². The molecule has 7 aromatic carbocycles. The molecule has 4 aliphatic rings. The quantitative estimate of drug-likeness (QED) is 0.150. The molecule has 8 aromatic rings. The van der Waals surface area contributed by atoms with Gasteiger partial charge in [-0.2, -0.15) is 0 Å². The van der Waals surface area contributed by atoms with Gasteiger partial charge in [-0.05, 0) is 150 Å². The summed E-state index contributed by atoms with van der Waals surface area (Å²) in [5, 5.41) is 5.31. The lowest BCUT2D eigenvalue weighted by atomic mass is 9.43. The number of aryl methyl sites for hydroxylation is 1. The zero-order chi connectivity index (χ0) is 44.1. The van der Waals surface area contributed by atoms with Gasteiger partial charge in [-0.15, -0.1) is 0 Å². The van der Waals surface area contributed by atoms with Crippen molar-refractivity contribution in [2.75, 3.05) is 4.81 Å². The Kier molecular flexibility index (Phi) is 7.55. The van der Waals surface area contributed by atoms with Crippen molar-refractivity contribution < 1.29 is 0 Å². The summed E-state index contributed by atoms with van der Waals surface area (Å²) in [6.45, 7) is 31.4. The summed E-state index contributed by atoms with van der Waals surface area (Å²) in [5.41, 5.74) is 24.9. The molecule has 2 nitrogen and oxygen atoms in total. The van der Waals surface area contributed by atoms with Crippen LogP contribution in [-0.2, 0) is 27.1 Å². The zero-order valence-electron chi connectivity index (χ0n) is 39.8. The number of rotatable bonds is 1. The highest BCUT2D eigenvalue weighted by atomic mass is 15.1. The molecule has 0 fully saturated rings. The van der Waals surface area contributed by atoms with Crippen molar-refractivity contribution >= 4 is 61.7 Å². The van der Waals surface area contributed by atoms with Gasteiger partial charge in [0.25, 0.3) is 0 Å². The van der Waals surface area contributed by atoms with Gasteiger partial charge in [0.1, 0.15) is 0 Å². The van der Waals surface area contributed by atoms with Crippen LogP contribution in [0.1, 0.15) is 135 Å². The monoisotopic (exact) mass is 820 g/mol. The summed E-state index contributed by atoms with van der Waals surface area (Å²) in [7, 11) is 0. The number of hydrogen-bond donors (Lipinski definition) is 0. The van der Waals surface area contributed by atoms with Gasteiger partial charge in [-0.1, -0.05) is 156 Å². The lowest BCUT2D eigenvalue weighted by Gasteiger charge is -2.46. The Morgan fingerprint density at radius 3 is 1.95 bits per heavy atom. The average molecular weight is 821 g/mol. The Bertz CT molecular complexity index is 3350. The first kappa shape index (κ1) is 39.1. The van der Waals surface area contributed by atoms with Crippen molar-refractivity contribution in [1.29, 1.82) is 0 Å². The van der Waals surface area contributed by atoms with Crippen LogP contribution < -0.4 is 15.7 Å². The van der Waals surface area contributed by atoms with Crippen molar-refractivity contribution in [1.82, 2.24) is 4.57 Å². The normalized spacial score (nSPS) is 17.5. The molecule has 2 aliphatic heterocycles. The van der Waals surface area contributed by atoms with Crippen LogP contribution in [0.15, 0.2) is 109 Å². The molecule has 0 spiro atoms. The number of benzene rings is 7. The molecule has 12 rings (SSSR count). The van der Waals surface area contributed by atoms with Gasteiger partial charge in [0, 0.05) is 38.5 Å². The van der Waals surface area contributed by atoms with Crippen LogP contribution in [0.5, 0.6) is 0 Å². The summed E-state index contributed by atoms with van der Waals surface area (Å²) >= 11 is 0. The fourth-order valence-corrected chi connectivity index (χ4v) is 12.7. The van der Waals surface area contributed by atoms with E-state index in [1.54, 1.807) is 0 Å². The predicted octanol–water partition coefficient (Wildman–Crippen LogP) is 14.7. The maximum atomic E-state index is 2.84. The molecular weight excluding hydrogens is 759 g/mol. The summed E-state index contributed by atoms with van der Waals surface area (Å²) in [5.74, 6) is 0. The number of aromatic nitrogens is 1. The highest BCUT2D eigenvalue weighted by molar-refractivity contribution is 6.94. The van der Waals surface area contributed by atoms with Gasteiger partial charge in [0.05, 0.1) is 16.7 Å². The second-order valence-corrected chi connectivity index (χ2v) is 23.7. The molecule has 2 aliphatic carbocycles. The summed E-state index contributed by atoms with van der Waals surface area (Å²) in [6, 6.07) is 43.7. The third-order valence-corrected chi connectivity index (χ3v) is 16.4. The maximum Gasteiger partial charge on any atom is 0.333 e. The molecule has 3 heterocycles. The summed E-state index contributed by atoms with van der Waals surface area (Å²) < 4.78 is 2.70. The van der Waals surface area contributed by atoms with Gasteiger partial charge < -0.3 is 9.38 Å². The maximum absolute atomic E-state index is 2.84. The molecule has 0 unspecified atom stereocenters. The standard InChI is InChI=1S/C60H61BN2/c1-34-28-45-46(59(10,11)27-26-58(45,8)9)33-50(34)63-49-25-23-40-39-20-16-17-21-44(39)60(12,13)52(40)51(49)43-29-35-18-14-15-19-38(35)55-53(43)61(63)47-32-37(57(5,6)7)31-42-41-30-36(56(2,3)4)22-24-48(41)62(55)54(42)47/h14-25,28-33H,26-27H2,1-13H3. The van der Waals surface area contributed by atoms with Crippen LogP contribution in [-0.4, -0.2) is 11.4 Å². The molecule has 0 amide bonds. The van der Waals surface area contributed by atoms with Crippen molar-refractivity contribution in [3.63, 3.8) is 0 Å². The van der Waals surface area contributed by atoms with Crippen molar-refractivity contribution in [3.8, 4) is 27.9 Å². The average Bonchev–Trinajstić information content (AvgIpc) is 3.68. The van der Waals surface area contributed by atoms with E-state index >= 15 is 0 Å². The molecular formula is C60H61BN2. The molecule has 0 N–H and O–H groups in total. The minimum atomic E-state index is -0.200. The Morgan fingerprint density at radius 2 is 1.22 bits per heavy atom. The molecule has 0 saturated heterocycles. The third kappa shape index (κ3) is 5.09. The van der Waals surface area contributed by atoms with Crippen molar-refractivity contribution in [2.45, 2.75) is 130 Å². The van der Waals surface area contributed by atoms with Crippen LogP contribution in [0, 0.1) is 6.92 Å². The van der Waals surface area contributed by atoms with Crippen LogP contribution >= 0.6 is 0 Å². The molecule has 0 radical (unpaired) electrons. The third-order valence-electron chi connectivity index (χ3n) is 16.4. The largest absolute Gasteiger partial charge is 0.376 e. The van der Waals surface area contributed by atoms with Gasteiger partial charge >= 0.3 is 6.85 Å². The molecule has 0 saturated carbocycles. The second kappa shape index (κ2) is 12.2. The Labute approximate surface area is 375 Å². The van der Waals surface area contributed by atoms with E-state index in [1.165, 1.54) is 135 Å². The Balaban J connectivity index is 1.31. The van der Waals surface area contributed by atoms with Gasteiger partial charge in [-0.25, -0.2) is 0 Å². The van der Waals surface area contributed by atoms with Crippen LogP contribution in [0.25, 0.3) is 60.5 Å². The van der Waals surface area contributed by atoms with Gasteiger partial charge in [0.2, 0.25) is 0 Å². The summed E-state index contributed by atoms with van der Waals surface area (Å²) in [4.78, 5) is 2.84. The minimum absolute atomic E-state index is 0.0198. The first-order valence-electron chi connectivity index (χ1n) is 23.6. The molecule has 3 heteroatoms. The van der Waals surface area contributed by atoms with E-state index in [4.69, 9.17) is 0 Å². The Hall–Kier alpha value is -5.54. The molecule has 63 heavy (non-hydrogen) atoms. The van der Waals surface area contributed by atoms with E-state index in [0.29, 0.717) is 0 Å². The highest BCUT2D eigenvalue weighted by Crippen LogP contribution is 2.58. The molecule has 314 valence electrons. The van der Waals surface area contributed by atoms with E-state index in [2.05, 4.69) is 209 Å². The predicted molar refractivity (Wildman–Crippen MR) is 272 cm³/mol. The first-order chi connectivity index (χ1) is 29.7. The van der Waals surface area contributed by atoms with E-state index in [-0.39, 0.29) is 33.9 Å². The lowest BCUT2D eigenvalue weighted by molar-refractivity contribution is 0.332. The van der Waals surface area contributed by atoms with Crippen molar-refractivity contribution in [3.05, 3.63) is 148 Å². The van der Waals surface area contributed by atoms with E-state index in [1.807, 2.05) is 0 Å². The number of nitrogens with zero attached hydrogens (tertiary/aromatic N) is 2. The topological polar surface area (TPSA) is 8.17 Å². The second-order valence-electron chi connectivity index (χ2n) is 23.7. The van der Waals surface area contributed by atoms with E-state index in [0.717, 1.165) is 0 Å². The molecule has 1 aromatic heterocycles. The molecule has 0 atom stereocenters. The van der Waals surface area contributed by atoms with Gasteiger partial charge in [0.15, 0.2) is 0 Å². The van der Waals surface area contributed by atoms with E-state index < -0.39 is 0 Å². The number of hydrogen-bond acceptors (Lipinski definition) is 1. The van der Waals surface area contributed by atoms with E-state index in [9.17, 15) is 0 Å². The number of anilines is 2. The Morgan fingerprint density at radius 1 is 0.556 bits per heavy atom. The summed E-state index contributed by atoms with van der Waals surface area (Å²) in [6.07, 6.45) is 2.38. The first-order valence-corrected chi connectivity index (χ1v) is 23.6. The van der Waals surface area contributed by atoms with Crippen LogP contribution in [0.3, 0.4) is 0 Å². The fourth-order valence-electron chi connectivity index (χ4n) is 12.7. The SMILES string of the molecule is Cc1cc2c(cc1N1B3c4c(cc5ccccc5c4-n4c5ccc(C(C)(C)C)cc5c5cc(C(C)(C)C)cc3c54)-c3c1ccc1c3C(C)(C)c3ccccc3-1)C(C)(C)CCC2(C)C. The van der Waals surface area contributed by atoms with Gasteiger partial charge in [-0.3, -0.25) is 0 Å². The van der Waals surface area contributed by atoms with Crippen LogP contribution in [0.4, 0.5) is 11.4 Å². The minimum Gasteiger partial charge on any atom is -0.376 e. The number of fused-ring (bicyclic) bond motifs is 14.